The highest BCUT2D eigenvalue weighted by molar-refractivity contribution is 4.94. The lowest BCUT2D eigenvalue weighted by molar-refractivity contribution is 0.351. The van der Waals surface area contributed by atoms with Crippen LogP contribution in [-0.2, 0) is 0 Å². The van der Waals surface area contributed by atoms with Gasteiger partial charge < -0.3 is 5.32 Å². The van der Waals surface area contributed by atoms with E-state index in [0.29, 0.717) is 6.04 Å². The second-order valence-corrected chi connectivity index (χ2v) is 4.82. The topological polar surface area (TPSA) is 12.0 Å². The van der Waals surface area contributed by atoms with E-state index in [9.17, 15) is 0 Å². The van der Waals surface area contributed by atoms with Gasteiger partial charge in [-0.3, -0.25) is 0 Å². The van der Waals surface area contributed by atoms with E-state index in [4.69, 9.17) is 6.42 Å². The summed E-state index contributed by atoms with van der Waals surface area (Å²) in [4.78, 5) is 0. The van der Waals surface area contributed by atoms with Crippen LogP contribution >= 0.6 is 0 Å². The van der Waals surface area contributed by atoms with Crippen LogP contribution in [-0.4, -0.2) is 12.6 Å². The molecule has 0 radical (unpaired) electrons. The smallest absolute Gasteiger partial charge is 0.0243 e. The van der Waals surface area contributed by atoms with Crippen molar-refractivity contribution in [2.75, 3.05) is 6.54 Å². The lowest BCUT2D eigenvalue weighted by Crippen LogP contribution is -2.35. The third kappa shape index (κ3) is 3.87. The Bertz CT molecular complexity index is 204. The molecule has 86 valence electrons. The monoisotopic (exact) mass is 207 g/mol. The largest absolute Gasteiger partial charge is 0.313 e. The number of rotatable bonds is 6. The molecule has 3 unspecified atom stereocenters. The first-order chi connectivity index (χ1) is 7.31. The Hall–Kier alpha value is -0.480. The molecule has 0 saturated heterocycles. The molecule has 0 aromatic rings. The number of terminal acetylenes is 1. The molecule has 1 rings (SSSR count). The van der Waals surface area contributed by atoms with Crippen LogP contribution in [0.5, 0.6) is 0 Å². The van der Waals surface area contributed by atoms with Crippen molar-refractivity contribution in [2.45, 2.75) is 58.4 Å². The van der Waals surface area contributed by atoms with Gasteiger partial charge in [0.1, 0.15) is 0 Å². The molecular formula is C14H25N. The molecule has 1 saturated carbocycles. The van der Waals surface area contributed by atoms with E-state index in [1.807, 2.05) is 0 Å². The molecule has 1 aliphatic rings. The molecule has 1 nitrogen and oxygen atoms in total. The summed E-state index contributed by atoms with van der Waals surface area (Å²) >= 11 is 0. The fraction of sp³-hybridized carbons (Fsp3) is 0.857. The van der Waals surface area contributed by atoms with Gasteiger partial charge in [-0.25, -0.2) is 0 Å². The number of nitrogens with one attached hydrogen (secondary N) is 1. The summed E-state index contributed by atoms with van der Waals surface area (Å²) in [7, 11) is 0. The summed E-state index contributed by atoms with van der Waals surface area (Å²) in [6.45, 7) is 5.63. The van der Waals surface area contributed by atoms with E-state index < -0.39 is 0 Å². The minimum Gasteiger partial charge on any atom is -0.313 e. The highest BCUT2D eigenvalue weighted by Gasteiger charge is 2.28. The SMILES string of the molecule is C#CCC(NCCC)C1CCC(CC)C1. The molecule has 0 aromatic heterocycles. The minimum atomic E-state index is 0.575. The molecule has 0 bridgehead atoms. The third-order valence-corrected chi connectivity index (χ3v) is 3.72. The molecule has 0 aromatic carbocycles. The van der Waals surface area contributed by atoms with Crippen molar-refractivity contribution in [3.63, 3.8) is 0 Å². The minimum absolute atomic E-state index is 0.575. The highest BCUT2D eigenvalue weighted by atomic mass is 14.9. The van der Waals surface area contributed by atoms with E-state index >= 15 is 0 Å². The Balaban J connectivity index is 2.39. The van der Waals surface area contributed by atoms with Gasteiger partial charge in [-0.15, -0.1) is 12.3 Å². The van der Waals surface area contributed by atoms with Gasteiger partial charge in [0.2, 0.25) is 0 Å². The Labute approximate surface area is 95.0 Å². The lowest BCUT2D eigenvalue weighted by Gasteiger charge is -2.23. The summed E-state index contributed by atoms with van der Waals surface area (Å²) in [5, 5.41) is 3.61. The first-order valence-electron chi connectivity index (χ1n) is 6.48. The Morgan fingerprint density at radius 3 is 2.73 bits per heavy atom. The molecular weight excluding hydrogens is 182 g/mol. The van der Waals surface area contributed by atoms with Crippen molar-refractivity contribution < 1.29 is 0 Å². The molecule has 1 N–H and O–H groups in total. The van der Waals surface area contributed by atoms with Crippen molar-refractivity contribution >= 4 is 0 Å². The summed E-state index contributed by atoms with van der Waals surface area (Å²) in [5.74, 6) is 4.61. The van der Waals surface area contributed by atoms with Gasteiger partial charge in [-0.1, -0.05) is 26.7 Å². The molecule has 1 fully saturated rings. The number of hydrogen-bond donors (Lipinski definition) is 1. The molecule has 1 heteroatoms. The van der Waals surface area contributed by atoms with Crippen LogP contribution in [0, 0.1) is 24.2 Å². The normalized spacial score (nSPS) is 27.5. The zero-order valence-corrected chi connectivity index (χ0v) is 10.3. The Kier molecular flexibility index (Phi) is 5.79. The van der Waals surface area contributed by atoms with Crippen LogP contribution in [0.4, 0.5) is 0 Å². The Morgan fingerprint density at radius 2 is 2.20 bits per heavy atom. The zero-order chi connectivity index (χ0) is 11.1. The van der Waals surface area contributed by atoms with Crippen LogP contribution in [0.15, 0.2) is 0 Å². The summed E-state index contributed by atoms with van der Waals surface area (Å²) in [6.07, 6.45) is 13.1. The van der Waals surface area contributed by atoms with Crippen LogP contribution < -0.4 is 5.32 Å². The predicted molar refractivity (Wildman–Crippen MR) is 66.7 cm³/mol. The summed E-state index contributed by atoms with van der Waals surface area (Å²) in [6, 6.07) is 0.575. The molecule has 0 spiro atoms. The van der Waals surface area contributed by atoms with Gasteiger partial charge in [0, 0.05) is 12.5 Å². The lowest BCUT2D eigenvalue weighted by atomic mass is 9.93. The maximum Gasteiger partial charge on any atom is 0.0243 e. The van der Waals surface area contributed by atoms with E-state index in [1.165, 1.54) is 32.1 Å². The summed E-state index contributed by atoms with van der Waals surface area (Å²) in [5.41, 5.74) is 0. The average Bonchev–Trinajstić information content (AvgIpc) is 2.72. The maximum atomic E-state index is 5.45. The number of hydrogen-bond acceptors (Lipinski definition) is 1. The van der Waals surface area contributed by atoms with Crippen molar-refractivity contribution in [3.05, 3.63) is 0 Å². The van der Waals surface area contributed by atoms with Crippen LogP contribution in [0.3, 0.4) is 0 Å². The first-order valence-corrected chi connectivity index (χ1v) is 6.48. The van der Waals surface area contributed by atoms with Crippen molar-refractivity contribution in [1.29, 1.82) is 0 Å². The van der Waals surface area contributed by atoms with Gasteiger partial charge in [-0.05, 0) is 37.6 Å². The fourth-order valence-electron chi connectivity index (χ4n) is 2.71. The van der Waals surface area contributed by atoms with E-state index in [2.05, 4.69) is 25.1 Å². The molecule has 0 aliphatic heterocycles. The molecule has 0 heterocycles. The van der Waals surface area contributed by atoms with Crippen molar-refractivity contribution in [2.24, 2.45) is 11.8 Å². The highest BCUT2D eigenvalue weighted by Crippen LogP contribution is 2.35. The van der Waals surface area contributed by atoms with Crippen LogP contribution in [0.25, 0.3) is 0 Å². The molecule has 1 aliphatic carbocycles. The molecule has 0 amide bonds. The van der Waals surface area contributed by atoms with Crippen molar-refractivity contribution in [1.82, 2.24) is 5.32 Å². The predicted octanol–water partition coefficient (Wildman–Crippen LogP) is 3.20. The van der Waals surface area contributed by atoms with Gasteiger partial charge in [0.05, 0.1) is 0 Å². The second kappa shape index (κ2) is 6.90. The molecule has 3 atom stereocenters. The van der Waals surface area contributed by atoms with E-state index in [1.54, 1.807) is 0 Å². The van der Waals surface area contributed by atoms with E-state index in [0.717, 1.165) is 24.8 Å². The standard InChI is InChI=1S/C14H25N/c1-4-7-14(15-10-5-2)13-9-8-12(6-3)11-13/h1,12-15H,5-11H2,2-3H3. The zero-order valence-electron chi connectivity index (χ0n) is 10.3. The van der Waals surface area contributed by atoms with Crippen molar-refractivity contribution in [3.8, 4) is 12.3 Å². The maximum absolute atomic E-state index is 5.45. The molecule has 15 heavy (non-hydrogen) atoms. The van der Waals surface area contributed by atoms with Gasteiger partial charge in [0.15, 0.2) is 0 Å². The quantitative estimate of drug-likeness (QED) is 0.660. The Morgan fingerprint density at radius 1 is 1.40 bits per heavy atom. The summed E-state index contributed by atoms with van der Waals surface area (Å²) < 4.78 is 0. The van der Waals surface area contributed by atoms with Crippen LogP contribution in [0.2, 0.25) is 0 Å². The van der Waals surface area contributed by atoms with Gasteiger partial charge in [-0.2, -0.15) is 0 Å². The van der Waals surface area contributed by atoms with Gasteiger partial charge in [0.25, 0.3) is 0 Å². The van der Waals surface area contributed by atoms with E-state index in [-0.39, 0.29) is 0 Å². The average molecular weight is 207 g/mol. The van der Waals surface area contributed by atoms with Crippen LogP contribution in [0.1, 0.15) is 52.4 Å². The third-order valence-electron chi connectivity index (χ3n) is 3.72. The second-order valence-electron chi connectivity index (χ2n) is 4.82. The fourth-order valence-corrected chi connectivity index (χ4v) is 2.71. The first kappa shape index (κ1) is 12.6. The van der Waals surface area contributed by atoms with Gasteiger partial charge >= 0.3 is 0 Å².